The van der Waals surface area contributed by atoms with Crippen molar-refractivity contribution < 1.29 is 13.2 Å². The van der Waals surface area contributed by atoms with E-state index >= 15 is 0 Å². The van der Waals surface area contributed by atoms with Gasteiger partial charge in [0.05, 0.1) is 15.5 Å². The van der Waals surface area contributed by atoms with Gasteiger partial charge in [0.15, 0.2) is 5.13 Å². The largest absolute Gasteiger partial charge is 0.298 e. The lowest BCUT2D eigenvalue weighted by molar-refractivity contribution is 0.102. The van der Waals surface area contributed by atoms with Crippen LogP contribution in [0.4, 0.5) is 5.13 Å². The molecule has 2 heterocycles. The smallest absolute Gasteiger partial charge is 0.257 e. The minimum absolute atomic E-state index is 0.0189. The second-order valence-electron chi connectivity index (χ2n) is 5.14. The minimum Gasteiger partial charge on any atom is -0.298 e. The maximum Gasteiger partial charge on any atom is 0.257 e. The summed E-state index contributed by atoms with van der Waals surface area (Å²) in [5, 5.41) is 6.98. The highest BCUT2D eigenvalue weighted by molar-refractivity contribution is 7.89. The second-order valence-corrected chi connectivity index (χ2v) is 8.71. The summed E-state index contributed by atoms with van der Waals surface area (Å²) in [6, 6.07) is 9.72. The summed E-state index contributed by atoms with van der Waals surface area (Å²) in [6.07, 6.45) is 1.45. The molecule has 0 atom stereocenters. The Morgan fingerprint density at radius 2 is 2.08 bits per heavy atom. The van der Waals surface area contributed by atoms with E-state index in [0.717, 1.165) is 10.6 Å². The van der Waals surface area contributed by atoms with E-state index in [1.165, 1.54) is 35.6 Å². The first-order valence-electron chi connectivity index (χ1n) is 7.51. The van der Waals surface area contributed by atoms with E-state index in [4.69, 9.17) is 0 Å². The monoisotopic (exact) mass is 405 g/mol. The van der Waals surface area contributed by atoms with Crippen molar-refractivity contribution in [3.63, 3.8) is 0 Å². The number of anilines is 1. The molecule has 0 aliphatic heterocycles. The molecule has 0 unspecified atom stereocenters. The van der Waals surface area contributed by atoms with Crippen LogP contribution in [0.15, 0.2) is 64.7 Å². The first-order chi connectivity index (χ1) is 12.5. The van der Waals surface area contributed by atoms with Crippen molar-refractivity contribution in [2.45, 2.75) is 4.90 Å². The lowest BCUT2D eigenvalue weighted by atomic mass is 10.2. The van der Waals surface area contributed by atoms with Gasteiger partial charge in [-0.05, 0) is 29.6 Å². The van der Waals surface area contributed by atoms with Crippen molar-refractivity contribution in [3.05, 3.63) is 65.4 Å². The van der Waals surface area contributed by atoms with Gasteiger partial charge in [-0.2, -0.15) is 0 Å². The molecule has 1 amide bonds. The summed E-state index contributed by atoms with van der Waals surface area (Å²) in [5.41, 5.74) is 1.03. The fourth-order valence-electron chi connectivity index (χ4n) is 2.09. The number of rotatable bonds is 7. The predicted octanol–water partition coefficient (Wildman–Crippen LogP) is 3.59. The van der Waals surface area contributed by atoms with E-state index in [0.29, 0.717) is 5.13 Å². The van der Waals surface area contributed by atoms with E-state index in [-0.39, 0.29) is 17.0 Å². The lowest BCUT2D eigenvalue weighted by Gasteiger charge is -2.07. The third kappa shape index (κ3) is 4.25. The van der Waals surface area contributed by atoms with Crippen LogP contribution in [0.5, 0.6) is 0 Å². The predicted molar refractivity (Wildman–Crippen MR) is 105 cm³/mol. The highest BCUT2D eigenvalue weighted by Crippen LogP contribution is 2.28. The number of nitrogens with zero attached hydrogens (tertiary/aromatic N) is 1. The van der Waals surface area contributed by atoms with Gasteiger partial charge in [0.25, 0.3) is 5.91 Å². The Bertz CT molecular complexity index is 1020. The van der Waals surface area contributed by atoms with Crippen LogP contribution in [-0.4, -0.2) is 25.9 Å². The lowest BCUT2D eigenvalue weighted by Crippen LogP contribution is -2.24. The highest BCUT2D eigenvalue weighted by atomic mass is 32.2. The normalized spacial score (nSPS) is 11.2. The van der Waals surface area contributed by atoms with Crippen molar-refractivity contribution in [2.24, 2.45) is 0 Å². The summed E-state index contributed by atoms with van der Waals surface area (Å²) in [4.78, 5) is 17.9. The van der Waals surface area contributed by atoms with Crippen molar-refractivity contribution in [1.29, 1.82) is 0 Å². The number of carbonyl (C=O) groups is 1. The molecule has 0 saturated carbocycles. The van der Waals surface area contributed by atoms with Crippen LogP contribution in [0, 0.1) is 0 Å². The molecule has 3 aromatic rings. The molecule has 0 bridgehead atoms. The van der Waals surface area contributed by atoms with Crippen molar-refractivity contribution in [1.82, 2.24) is 9.71 Å². The molecule has 1 aromatic carbocycles. The molecule has 0 spiro atoms. The second kappa shape index (κ2) is 7.92. The number of thiophene rings is 1. The van der Waals surface area contributed by atoms with Gasteiger partial charge in [-0.15, -0.1) is 29.3 Å². The molecule has 0 radical (unpaired) electrons. The summed E-state index contributed by atoms with van der Waals surface area (Å²) in [7, 11) is -3.69. The van der Waals surface area contributed by atoms with Crippen LogP contribution in [0.25, 0.3) is 10.6 Å². The average molecular weight is 406 g/mol. The van der Waals surface area contributed by atoms with E-state index in [9.17, 15) is 13.2 Å². The van der Waals surface area contributed by atoms with E-state index in [1.54, 1.807) is 17.4 Å². The van der Waals surface area contributed by atoms with E-state index < -0.39 is 15.9 Å². The first-order valence-corrected chi connectivity index (χ1v) is 10.8. The molecular weight excluding hydrogens is 390 g/mol. The summed E-state index contributed by atoms with van der Waals surface area (Å²) in [5.74, 6) is -0.419. The van der Waals surface area contributed by atoms with Crippen LogP contribution in [0.3, 0.4) is 0 Å². The van der Waals surface area contributed by atoms with E-state index in [2.05, 4.69) is 21.6 Å². The molecule has 0 saturated heterocycles. The summed E-state index contributed by atoms with van der Waals surface area (Å²) >= 11 is 2.88. The summed E-state index contributed by atoms with van der Waals surface area (Å²) in [6.45, 7) is 3.59. The third-order valence-electron chi connectivity index (χ3n) is 3.32. The molecular formula is C17H15N3O3S3. The van der Waals surface area contributed by atoms with Crippen molar-refractivity contribution in [2.75, 3.05) is 11.9 Å². The Labute approximate surface area is 159 Å². The van der Waals surface area contributed by atoms with Gasteiger partial charge in [-0.3, -0.25) is 10.1 Å². The Kier molecular flexibility index (Phi) is 5.62. The molecule has 26 heavy (non-hydrogen) atoms. The fraction of sp³-hybridized carbons (Fsp3) is 0.0588. The van der Waals surface area contributed by atoms with Crippen LogP contribution >= 0.6 is 22.7 Å². The molecule has 2 aromatic heterocycles. The Morgan fingerprint density at radius 1 is 1.23 bits per heavy atom. The van der Waals surface area contributed by atoms with Crippen LogP contribution in [-0.2, 0) is 10.0 Å². The van der Waals surface area contributed by atoms with Crippen molar-refractivity contribution in [3.8, 4) is 10.6 Å². The molecule has 0 fully saturated rings. The van der Waals surface area contributed by atoms with Gasteiger partial charge in [0, 0.05) is 17.5 Å². The Balaban J connectivity index is 1.76. The maximum atomic E-state index is 12.4. The molecule has 0 aliphatic rings. The van der Waals surface area contributed by atoms with Crippen molar-refractivity contribution >= 4 is 43.7 Å². The fourth-order valence-corrected chi connectivity index (χ4v) is 4.60. The first kappa shape index (κ1) is 18.5. The van der Waals surface area contributed by atoms with Crippen LogP contribution in [0.1, 0.15) is 10.4 Å². The molecule has 9 heteroatoms. The van der Waals surface area contributed by atoms with Crippen LogP contribution < -0.4 is 10.0 Å². The highest BCUT2D eigenvalue weighted by Gasteiger charge is 2.16. The molecule has 134 valence electrons. The summed E-state index contributed by atoms with van der Waals surface area (Å²) < 4.78 is 26.7. The zero-order valence-corrected chi connectivity index (χ0v) is 16.0. The number of hydrogen-bond acceptors (Lipinski definition) is 6. The number of amides is 1. The molecule has 6 nitrogen and oxygen atoms in total. The number of benzene rings is 1. The van der Waals surface area contributed by atoms with Gasteiger partial charge in [0.2, 0.25) is 10.0 Å². The number of carbonyl (C=O) groups excluding carboxylic acids is 1. The number of thiazole rings is 1. The number of nitrogens with one attached hydrogen (secondary N) is 2. The van der Waals surface area contributed by atoms with Gasteiger partial charge in [-0.25, -0.2) is 18.1 Å². The zero-order chi connectivity index (χ0) is 18.6. The minimum atomic E-state index is -3.69. The quantitative estimate of drug-likeness (QED) is 0.588. The molecule has 2 N–H and O–H groups in total. The van der Waals surface area contributed by atoms with E-state index in [1.807, 2.05) is 22.9 Å². The maximum absolute atomic E-state index is 12.4. The van der Waals surface area contributed by atoms with Gasteiger partial charge in [0.1, 0.15) is 0 Å². The SMILES string of the molecule is C=CCNS(=O)(=O)c1cccc(C(=O)Nc2nc(-c3cccs3)cs2)c1. The zero-order valence-electron chi connectivity index (χ0n) is 13.5. The molecule has 0 aliphatic carbocycles. The van der Waals surface area contributed by atoms with Gasteiger partial charge in [-0.1, -0.05) is 18.2 Å². The van der Waals surface area contributed by atoms with Crippen LogP contribution in [0.2, 0.25) is 0 Å². The Morgan fingerprint density at radius 3 is 2.81 bits per heavy atom. The molecule has 3 rings (SSSR count). The number of aromatic nitrogens is 1. The van der Waals surface area contributed by atoms with Gasteiger partial charge >= 0.3 is 0 Å². The Hall–Kier alpha value is -2.33. The standard InChI is InChI=1S/C17H15N3O3S3/c1-2-8-18-26(22,23)13-6-3-5-12(10-13)16(21)20-17-19-14(11-25-17)15-7-4-9-24-15/h2-7,9-11,18H,1,8H2,(H,19,20,21). The van der Waals surface area contributed by atoms with Gasteiger partial charge < -0.3 is 0 Å². The number of hydrogen-bond donors (Lipinski definition) is 2. The number of sulfonamides is 1. The average Bonchev–Trinajstić information content (AvgIpc) is 3.31. The third-order valence-corrected chi connectivity index (χ3v) is 6.39. The topological polar surface area (TPSA) is 88.2 Å².